The Labute approximate surface area is 200 Å². The van der Waals surface area contributed by atoms with E-state index in [1.54, 1.807) is 31.3 Å². The topological polar surface area (TPSA) is 142 Å². The first-order chi connectivity index (χ1) is 16.7. The molecule has 182 valence electrons. The van der Waals surface area contributed by atoms with Gasteiger partial charge in [-0.3, -0.25) is 4.79 Å². The lowest BCUT2D eigenvalue weighted by atomic mass is 10.0. The van der Waals surface area contributed by atoms with Crippen LogP contribution < -0.4 is 15.7 Å². The summed E-state index contributed by atoms with van der Waals surface area (Å²) in [4.78, 5) is 39.6. The Morgan fingerprint density at radius 2 is 1.91 bits per heavy atom. The van der Waals surface area contributed by atoms with Gasteiger partial charge in [0.05, 0.1) is 0 Å². The highest BCUT2D eigenvalue weighted by Crippen LogP contribution is 2.29. The van der Waals surface area contributed by atoms with Crippen molar-refractivity contribution in [3.63, 3.8) is 0 Å². The number of aromatic hydroxyl groups is 1. The molecule has 0 fully saturated rings. The van der Waals surface area contributed by atoms with Crippen molar-refractivity contribution < 1.29 is 29.0 Å². The summed E-state index contributed by atoms with van der Waals surface area (Å²) in [5, 5.41) is 23.3. The minimum absolute atomic E-state index is 0.0176. The molecule has 4 N–H and O–H groups in total. The molecule has 0 unspecified atom stereocenters. The van der Waals surface area contributed by atoms with Crippen molar-refractivity contribution in [1.29, 1.82) is 0 Å². The van der Waals surface area contributed by atoms with Crippen LogP contribution in [0.5, 0.6) is 11.5 Å². The Bertz CT molecular complexity index is 1500. The van der Waals surface area contributed by atoms with Crippen LogP contribution in [-0.2, 0) is 22.4 Å². The maximum atomic E-state index is 12.5. The molecule has 1 amide bonds. The number of aromatic nitrogens is 1. The van der Waals surface area contributed by atoms with Gasteiger partial charge in [-0.2, -0.15) is 0 Å². The van der Waals surface area contributed by atoms with Crippen molar-refractivity contribution in [2.45, 2.75) is 39.7 Å². The van der Waals surface area contributed by atoms with E-state index in [-0.39, 0.29) is 12.2 Å². The number of carbonyl (C=O) groups excluding carboxylic acids is 1. The Morgan fingerprint density at radius 1 is 1.14 bits per heavy atom. The number of aromatic amines is 1. The zero-order valence-electron chi connectivity index (χ0n) is 19.6. The van der Waals surface area contributed by atoms with E-state index < -0.39 is 30.2 Å². The first kappa shape index (κ1) is 23.9. The van der Waals surface area contributed by atoms with Crippen LogP contribution in [0, 0.1) is 13.8 Å². The van der Waals surface area contributed by atoms with E-state index in [2.05, 4.69) is 10.3 Å². The maximum Gasteiger partial charge on any atom is 0.339 e. The number of carbonyl (C=O) groups is 2. The highest BCUT2D eigenvalue weighted by molar-refractivity contribution is 5.88. The van der Waals surface area contributed by atoms with Crippen molar-refractivity contribution in [1.82, 2.24) is 10.3 Å². The predicted octanol–water partition coefficient (Wildman–Crippen LogP) is 3.35. The number of amides is 1. The van der Waals surface area contributed by atoms with Gasteiger partial charge in [0.15, 0.2) is 6.61 Å². The second-order valence-electron chi connectivity index (χ2n) is 8.41. The molecule has 0 saturated heterocycles. The molecule has 9 nitrogen and oxygen atoms in total. The third-order valence-corrected chi connectivity index (χ3v) is 6.17. The van der Waals surface area contributed by atoms with Gasteiger partial charge in [0.25, 0.3) is 5.91 Å². The summed E-state index contributed by atoms with van der Waals surface area (Å²) in [5.74, 6) is -1.39. The number of aliphatic carboxylic acids is 1. The molecule has 0 radical (unpaired) electrons. The number of hydrogen-bond donors (Lipinski definition) is 4. The van der Waals surface area contributed by atoms with Crippen LogP contribution in [-0.4, -0.2) is 39.7 Å². The highest BCUT2D eigenvalue weighted by atomic mass is 16.5. The number of phenols is 1. The Kier molecular flexibility index (Phi) is 6.50. The van der Waals surface area contributed by atoms with Gasteiger partial charge in [0.2, 0.25) is 0 Å². The van der Waals surface area contributed by atoms with E-state index in [4.69, 9.17) is 9.15 Å². The normalized spacial score (nSPS) is 12.1. The number of fused-ring (bicyclic) bond motifs is 2. The Hall–Kier alpha value is -4.27. The molecule has 0 saturated carbocycles. The summed E-state index contributed by atoms with van der Waals surface area (Å²) in [6.45, 7) is 5.07. The van der Waals surface area contributed by atoms with E-state index in [0.29, 0.717) is 39.8 Å². The van der Waals surface area contributed by atoms with Gasteiger partial charge in [0, 0.05) is 40.0 Å². The van der Waals surface area contributed by atoms with Crippen molar-refractivity contribution in [2.24, 2.45) is 0 Å². The van der Waals surface area contributed by atoms with E-state index >= 15 is 0 Å². The second-order valence-corrected chi connectivity index (χ2v) is 8.41. The summed E-state index contributed by atoms with van der Waals surface area (Å²) in [6.07, 6.45) is 2.23. The quantitative estimate of drug-likeness (QED) is 0.285. The molecule has 2 aromatic carbocycles. The molecule has 9 heteroatoms. The summed E-state index contributed by atoms with van der Waals surface area (Å²) < 4.78 is 11.1. The molecule has 0 spiro atoms. The van der Waals surface area contributed by atoms with Crippen molar-refractivity contribution in [2.75, 3.05) is 6.61 Å². The minimum Gasteiger partial charge on any atom is -0.508 e. The molecule has 35 heavy (non-hydrogen) atoms. The van der Waals surface area contributed by atoms with Crippen molar-refractivity contribution >= 4 is 33.7 Å². The molecule has 2 aromatic heterocycles. The monoisotopic (exact) mass is 478 g/mol. The predicted molar refractivity (Wildman–Crippen MR) is 130 cm³/mol. The summed E-state index contributed by atoms with van der Waals surface area (Å²) in [5.41, 5.74) is 3.43. The molecule has 4 rings (SSSR count). The molecule has 0 aliphatic carbocycles. The first-order valence-corrected chi connectivity index (χ1v) is 11.2. The third-order valence-electron chi connectivity index (χ3n) is 6.17. The standard InChI is InChI=1S/C26H26N2O7/c1-4-17-13(2)18-6-8-22(14(3)24(18)35-26(17)33)34-12-23(30)28-21(25(31)32)9-15-11-27-20-7-5-16(29)10-19(15)20/h5-8,10-11,21,27,29H,4,9,12H2,1-3H3,(H,28,30)(H,31,32)/t21-/m1/s1. The Morgan fingerprint density at radius 3 is 2.63 bits per heavy atom. The average molecular weight is 479 g/mol. The van der Waals surface area contributed by atoms with Gasteiger partial charge in [-0.1, -0.05) is 6.92 Å². The van der Waals surface area contributed by atoms with Gasteiger partial charge in [-0.25, -0.2) is 9.59 Å². The number of carboxylic acid groups (broad SMARTS) is 1. The van der Waals surface area contributed by atoms with E-state index in [9.17, 15) is 24.6 Å². The number of hydrogen-bond acceptors (Lipinski definition) is 6. The molecule has 4 aromatic rings. The van der Waals surface area contributed by atoms with Gasteiger partial charge in [0.1, 0.15) is 23.1 Å². The maximum absolute atomic E-state index is 12.5. The summed E-state index contributed by atoms with van der Waals surface area (Å²) >= 11 is 0. The number of benzene rings is 2. The van der Waals surface area contributed by atoms with E-state index in [1.807, 2.05) is 13.8 Å². The highest BCUT2D eigenvalue weighted by Gasteiger charge is 2.23. The van der Waals surface area contributed by atoms with Crippen molar-refractivity contribution in [3.8, 4) is 11.5 Å². The average Bonchev–Trinajstić information content (AvgIpc) is 3.20. The van der Waals surface area contributed by atoms with Crippen LogP contribution in [0.2, 0.25) is 0 Å². The largest absolute Gasteiger partial charge is 0.508 e. The van der Waals surface area contributed by atoms with Gasteiger partial charge < -0.3 is 29.7 Å². The SMILES string of the molecule is CCc1c(C)c2ccc(OCC(=O)N[C@H](Cc3c[nH]c4ccc(O)cc34)C(=O)O)c(C)c2oc1=O. The molecule has 0 bridgehead atoms. The minimum atomic E-state index is -1.20. The smallest absolute Gasteiger partial charge is 0.339 e. The lowest BCUT2D eigenvalue weighted by molar-refractivity contribution is -0.142. The van der Waals surface area contributed by atoms with Crippen LogP contribution in [0.15, 0.2) is 45.7 Å². The second kappa shape index (κ2) is 9.54. The zero-order chi connectivity index (χ0) is 25.3. The van der Waals surface area contributed by atoms with E-state index in [1.165, 1.54) is 12.1 Å². The van der Waals surface area contributed by atoms with Gasteiger partial charge in [-0.15, -0.1) is 0 Å². The van der Waals surface area contributed by atoms with Crippen LogP contribution >= 0.6 is 0 Å². The fraction of sp³-hybridized carbons (Fsp3) is 0.269. The van der Waals surface area contributed by atoms with Gasteiger partial charge >= 0.3 is 11.6 Å². The van der Waals surface area contributed by atoms with Gasteiger partial charge in [-0.05, 0) is 61.7 Å². The van der Waals surface area contributed by atoms with Crippen LogP contribution in [0.3, 0.4) is 0 Å². The number of nitrogens with one attached hydrogen (secondary N) is 2. The number of phenolic OH excluding ortho intramolecular Hbond substituents is 1. The Balaban J connectivity index is 1.48. The van der Waals surface area contributed by atoms with Crippen molar-refractivity contribution in [3.05, 3.63) is 69.2 Å². The molecule has 0 aliphatic rings. The molecule has 2 heterocycles. The molecule has 0 aliphatic heterocycles. The fourth-order valence-corrected chi connectivity index (χ4v) is 4.27. The lowest BCUT2D eigenvalue weighted by Gasteiger charge is -2.16. The molecular formula is C26H26N2O7. The lowest BCUT2D eigenvalue weighted by Crippen LogP contribution is -2.44. The third kappa shape index (κ3) is 4.70. The molecular weight excluding hydrogens is 452 g/mol. The fourth-order valence-electron chi connectivity index (χ4n) is 4.27. The number of H-pyrrole nitrogens is 1. The van der Waals surface area contributed by atoms with Crippen LogP contribution in [0.25, 0.3) is 21.9 Å². The first-order valence-electron chi connectivity index (χ1n) is 11.2. The van der Waals surface area contributed by atoms with Crippen LogP contribution in [0.4, 0.5) is 0 Å². The number of aryl methyl sites for hydroxylation is 2. The van der Waals surface area contributed by atoms with Crippen LogP contribution in [0.1, 0.15) is 29.2 Å². The zero-order valence-corrected chi connectivity index (χ0v) is 19.6. The number of rotatable bonds is 8. The number of carboxylic acids is 1. The van der Waals surface area contributed by atoms with E-state index in [0.717, 1.165) is 16.5 Å². The summed E-state index contributed by atoms with van der Waals surface area (Å²) in [7, 11) is 0. The summed E-state index contributed by atoms with van der Waals surface area (Å²) in [6, 6.07) is 7.04. The number of ether oxygens (including phenoxy) is 1. The molecule has 1 atom stereocenters.